The van der Waals surface area contributed by atoms with Gasteiger partial charge in [-0.2, -0.15) is 0 Å². The lowest BCUT2D eigenvalue weighted by atomic mass is 9.83. The van der Waals surface area contributed by atoms with E-state index in [1.54, 1.807) is 0 Å². The van der Waals surface area contributed by atoms with E-state index in [4.69, 9.17) is 9.73 Å². The lowest BCUT2D eigenvalue weighted by Crippen LogP contribution is -2.41. The van der Waals surface area contributed by atoms with Crippen LogP contribution in [0, 0.1) is 23.2 Å². The number of hydrogen-bond acceptors (Lipinski definition) is 2. The maximum atomic E-state index is 5.35. The summed E-state index contributed by atoms with van der Waals surface area (Å²) in [6, 6.07) is 0. The summed E-state index contributed by atoms with van der Waals surface area (Å²) in [5, 5.41) is 7.13. The van der Waals surface area contributed by atoms with Crippen molar-refractivity contribution in [3.63, 3.8) is 0 Å². The van der Waals surface area contributed by atoms with Crippen molar-refractivity contribution in [2.75, 3.05) is 33.4 Å². The van der Waals surface area contributed by atoms with Crippen molar-refractivity contribution in [2.24, 2.45) is 28.2 Å². The van der Waals surface area contributed by atoms with Gasteiger partial charge >= 0.3 is 0 Å². The quantitative estimate of drug-likeness (QED) is 0.474. The molecule has 0 aromatic rings. The minimum atomic E-state index is 0.380. The first-order valence-electron chi connectivity index (χ1n) is 10.3. The largest absolute Gasteiger partial charge is 0.385 e. The number of guanidine groups is 1. The van der Waals surface area contributed by atoms with Crippen LogP contribution in [0.4, 0.5) is 0 Å². The van der Waals surface area contributed by atoms with E-state index < -0.39 is 0 Å². The molecule has 0 heterocycles. The molecule has 0 bridgehead atoms. The summed E-state index contributed by atoms with van der Waals surface area (Å²) in [6.07, 6.45) is 12.3. The number of methoxy groups -OCH3 is 1. The first-order valence-corrected chi connectivity index (χ1v) is 10.3. The van der Waals surface area contributed by atoms with Gasteiger partial charge < -0.3 is 15.4 Å². The predicted molar refractivity (Wildman–Crippen MR) is 100 cm³/mol. The third-order valence-electron chi connectivity index (χ3n) is 6.38. The Bertz CT molecular complexity index is 397. The Labute approximate surface area is 148 Å². The zero-order chi connectivity index (χ0) is 16.8. The van der Waals surface area contributed by atoms with Crippen LogP contribution in [-0.4, -0.2) is 39.3 Å². The highest BCUT2D eigenvalue weighted by atomic mass is 16.5. The standard InChI is InChI=1S/C20H37N3O/c1-3-21-19(22-14-18(16-6-7-16)17-8-9-17)23-15-20(12-13-24-2)10-4-5-11-20/h16-18H,3-15H2,1-2H3,(H2,21,22,23). The van der Waals surface area contributed by atoms with E-state index in [0.29, 0.717) is 5.41 Å². The van der Waals surface area contributed by atoms with Crippen LogP contribution < -0.4 is 10.6 Å². The summed E-state index contributed by atoms with van der Waals surface area (Å²) in [5.74, 6) is 3.92. The molecule has 0 unspecified atom stereocenters. The van der Waals surface area contributed by atoms with Gasteiger partial charge in [0.2, 0.25) is 0 Å². The molecule has 3 saturated carbocycles. The topological polar surface area (TPSA) is 45.7 Å². The summed E-state index contributed by atoms with van der Waals surface area (Å²) >= 11 is 0. The molecule has 0 saturated heterocycles. The fourth-order valence-electron chi connectivity index (χ4n) is 4.50. The van der Waals surface area contributed by atoms with Crippen LogP contribution in [0.1, 0.15) is 64.7 Å². The van der Waals surface area contributed by atoms with Crippen molar-refractivity contribution in [1.82, 2.24) is 10.6 Å². The minimum Gasteiger partial charge on any atom is -0.385 e. The van der Waals surface area contributed by atoms with Crippen molar-refractivity contribution >= 4 is 5.96 Å². The van der Waals surface area contributed by atoms with Crippen LogP contribution in [0.5, 0.6) is 0 Å². The van der Waals surface area contributed by atoms with Gasteiger partial charge in [0.05, 0.1) is 0 Å². The van der Waals surface area contributed by atoms with Crippen molar-refractivity contribution in [3.05, 3.63) is 0 Å². The van der Waals surface area contributed by atoms with Crippen LogP contribution >= 0.6 is 0 Å². The summed E-state index contributed by atoms with van der Waals surface area (Å²) in [7, 11) is 1.81. The lowest BCUT2D eigenvalue weighted by molar-refractivity contribution is 0.141. The normalized spacial score (nSPS) is 23.7. The number of nitrogens with zero attached hydrogens (tertiary/aromatic N) is 1. The highest BCUT2D eigenvalue weighted by molar-refractivity contribution is 5.79. The highest BCUT2D eigenvalue weighted by Gasteiger charge is 2.41. The molecule has 0 amide bonds. The van der Waals surface area contributed by atoms with Crippen LogP contribution in [0.15, 0.2) is 4.99 Å². The van der Waals surface area contributed by atoms with Gasteiger partial charge in [-0.25, -0.2) is 0 Å². The molecule has 138 valence electrons. The fourth-order valence-corrected chi connectivity index (χ4v) is 4.50. The Balaban J connectivity index is 1.53. The van der Waals surface area contributed by atoms with Gasteiger partial charge in [-0.1, -0.05) is 12.8 Å². The van der Waals surface area contributed by atoms with E-state index in [1.807, 2.05) is 7.11 Å². The van der Waals surface area contributed by atoms with Crippen LogP contribution in [0.25, 0.3) is 0 Å². The Morgan fingerprint density at radius 3 is 2.33 bits per heavy atom. The minimum absolute atomic E-state index is 0.380. The second-order valence-electron chi connectivity index (χ2n) is 8.36. The van der Waals surface area contributed by atoms with Crippen molar-refractivity contribution in [3.8, 4) is 0 Å². The average Bonchev–Trinajstić information content (AvgIpc) is 3.52. The molecule has 3 fully saturated rings. The number of aliphatic imine (C=N–C) groups is 1. The molecule has 3 aliphatic carbocycles. The van der Waals surface area contributed by atoms with Gasteiger partial charge in [0.25, 0.3) is 0 Å². The van der Waals surface area contributed by atoms with Gasteiger partial charge in [0.1, 0.15) is 0 Å². The Morgan fingerprint density at radius 2 is 1.79 bits per heavy atom. The summed E-state index contributed by atoms with van der Waals surface area (Å²) < 4.78 is 5.35. The van der Waals surface area contributed by atoms with Gasteiger partial charge in [-0.3, -0.25) is 4.99 Å². The molecule has 0 atom stereocenters. The van der Waals surface area contributed by atoms with Crippen molar-refractivity contribution < 1.29 is 4.74 Å². The molecule has 0 aliphatic heterocycles. The highest BCUT2D eigenvalue weighted by Crippen LogP contribution is 2.48. The number of hydrogen-bond donors (Lipinski definition) is 2. The van der Waals surface area contributed by atoms with Crippen LogP contribution in [0.2, 0.25) is 0 Å². The van der Waals surface area contributed by atoms with Crippen molar-refractivity contribution in [2.45, 2.75) is 64.7 Å². The first-order chi connectivity index (χ1) is 11.8. The van der Waals surface area contributed by atoms with Gasteiger partial charge in [0, 0.05) is 33.4 Å². The van der Waals surface area contributed by atoms with Crippen LogP contribution in [-0.2, 0) is 4.74 Å². The van der Waals surface area contributed by atoms with Crippen LogP contribution in [0.3, 0.4) is 0 Å². The Hall–Kier alpha value is -0.770. The van der Waals surface area contributed by atoms with Crippen molar-refractivity contribution in [1.29, 1.82) is 0 Å². The molecule has 0 aromatic heterocycles. The van der Waals surface area contributed by atoms with E-state index >= 15 is 0 Å². The Morgan fingerprint density at radius 1 is 1.12 bits per heavy atom. The number of rotatable bonds is 10. The summed E-state index contributed by atoms with van der Waals surface area (Å²) in [6.45, 7) is 6.03. The average molecular weight is 336 g/mol. The molecule has 24 heavy (non-hydrogen) atoms. The Kier molecular flexibility index (Phi) is 6.43. The molecule has 3 aliphatic rings. The maximum Gasteiger partial charge on any atom is 0.191 e. The smallest absolute Gasteiger partial charge is 0.191 e. The lowest BCUT2D eigenvalue weighted by Gasteiger charge is -2.27. The second-order valence-corrected chi connectivity index (χ2v) is 8.36. The summed E-state index contributed by atoms with van der Waals surface area (Å²) in [4.78, 5) is 4.99. The molecule has 0 radical (unpaired) electrons. The van der Waals surface area contributed by atoms with E-state index in [9.17, 15) is 0 Å². The van der Waals surface area contributed by atoms with E-state index in [-0.39, 0.29) is 0 Å². The van der Waals surface area contributed by atoms with Gasteiger partial charge in [-0.15, -0.1) is 0 Å². The zero-order valence-corrected chi connectivity index (χ0v) is 15.8. The maximum absolute atomic E-state index is 5.35. The number of ether oxygens (including phenoxy) is 1. The van der Waals surface area contributed by atoms with E-state index in [1.165, 1.54) is 51.4 Å². The van der Waals surface area contributed by atoms with E-state index in [0.717, 1.165) is 56.4 Å². The summed E-state index contributed by atoms with van der Waals surface area (Å²) in [5.41, 5.74) is 0.380. The van der Waals surface area contributed by atoms with Gasteiger partial charge in [0.15, 0.2) is 5.96 Å². The molecular formula is C20H37N3O. The number of nitrogens with one attached hydrogen (secondary N) is 2. The molecule has 4 heteroatoms. The molecule has 4 nitrogen and oxygen atoms in total. The second kappa shape index (κ2) is 8.55. The molecular weight excluding hydrogens is 298 g/mol. The van der Waals surface area contributed by atoms with E-state index in [2.05, 4.69) is 17.6 Å². The third kappa shape index (κ3) is 5.11. The molecule has 3 rings (SSSR count). The monoisotopic (exact) mass is 335 g/mol. The third-order valence-corrected chi connectivity index (χ3v) is 6.38. The first kappa shape index (κ1) is 18.0. The predicted octanol–water partition coefficient (Wildman–Crippen LogP) is 3.57. The molecule has 0 aromatic carbocycles. The molecule has 0 spiro atoms. The van der Waals surface area contributed by atoms with Gasteiger partial charge in [-0.05, 0) is 75.0 Å². The zero-order valence-electron chi connectivity index (χ0n) is 15.8. The fraction of sp³-hybridized carbons (Fsp3) is 0.950. The molecule has 2 N–H and O–H groups in total. The SMILES string of the molecule is CCNC(=NCC1(CCOC)CCCC1)NCC(C1CC1)C1CC1.